The minimum absolute atomic E-state index is 0.0874. The summed E-state index contributed by atoms with van der Waals surface area (Å²) in [5, 5.41) is 11.5. The van der Waals surface area contributed by atoms with Gasteiger partial charge in [-0.1, -0.05) is 43.2 Å². The number of aromatic amines is 1. The van der Waals surface area contributed by atoms with Gasteiger partial charge in [0, 0.05) is 30.9 Å². The van der Waals surface area contributed by atoms with Crippen LogP contribution in [0, 0.1) is 0 Å². The topological polar surface area (TPSA) is 82.2 Å². The highest BCUT2D eigenvalue weighted by molar-refractivity contribution is 6.00. The van der Waals surface area contributed by atoms with Crippen LogP contribution in [0.3, 0.4) is 0 Å². The molecule has 2 rings (SSSR count). The Labute approximate surface area is 135 Å². The normalized spacial score (nSPS) is 10.4. The Kier molecular flexibility index (Phi) is 6.41. The molecule has 0 atom stereocenters. The zero-order valence-electron chi connectivity index (χ0n) is 13.0. The van der Waals surface area contributed by atoms with Gasteiger partial charge in [0.2, 0.25) is 0 Å². The van der Waals surface area contributed by atoms with Crippen LogP contribution >= 0.6 is 0 Å². The fraction of sp³-hybridized carbons (Fsp3) is 0.333. The third-order valence-electron chi connectivity index (χ3n) is 3.68. The van der Waals surface area contributed by atoms with Crippen LogP contribution in [-0.2, 0) is 4.79 Å². The third-order valence-corrected chi connectivity index (χ3v) is 3.68. The summed E-state index contributed by atoms with van der Waals surface area (Å²) in [6, 6.07) is 9.79. The molecular weight excluding hydrogens is 292 g/mol. The third kappa shape index (κ3) is 5.29. The fourth-order valence-corrected chi connectivity index (χ4v) is 2.46. The Morgan fingerprint density at radius 1 is 1.00 bits per heavy atom. The maximum absolute atomic E-state index is 12.3. The Hall–Kier alpha value is -2.56. The highest BCUT2D eigenvalue weighted by Gasteiger charge is 2.13. The number of carboxylic acid groups (broad SMARTS) is 1. The molecule has 5 heteroatoms. The van der Waals surface area contributed by atoms with Gasteiger partial charge in [0.05, 0.1) is 5.56 Å². The van der Waals surface area contributed by atoms with Gasteiger partial charge in [-0.25, -0.2) is 0 Å². The molecule has 1 aromatic carbocycles. The van der Waals surface area contributed by atoms with Gasteiger partial charge in [-0.05, 0) is 18.4 Å². The number of aromatic nitrogens is 1. The summed E-state index contributed by atoms with van der Waals surface area (Å²) in [6.07, 6.45) is 7.11. The molecule has 5 nitrogen and oxygen atoms in total. The van der Waals surface area contributed by atoms with E-state index in [9.17, 15) is 9.59 Å². The number of benzene rings is 1. The van der Waals surface area contributed by atoms with Crippen LogP contribution in [0.25, 0.3) is 11.1 Å². The first-order chi connectivity index (χ1) is 11.2. The number of carbonyl (C=O) groups is 2. The molecule has 0 spiro atoms. The molecule has 0 fully saturated rings. The number of amides is 1. The number of carbonyl (C=O) groups excluding carboxylic acids is 1. The Morgan fingerprint density at radius 2 is 1.74 bits per heavy atom. The molecule has 122 valence electrons. The van der Waals surface area contributed by atoms with Gasteiger partial charge in [0.25, 0.3) is 5.91 Å². The van der Waals surface area contributed by atoms with Gasteiger partial charge < -0.3 is 15.4 Å². The molecule has 0 unspecified atom stereocenters. The monoisotopic (exact) mass is 314 g/mol. The van der Waals surface area contributed by atoms with Crippen molar-refractivity contribution in [2.24, 2.45) is 0 Å². The van der Waals surface area contributed by atoms with E-state index in [1.807, 2.05) is 36.5 Å². The first kappa shape index (κ1) is 16.8. The van der Waals surface area contributed by atoms with Crippen molar-refractivity contribution in [3.63, 3.8) is 0 Å². The quantitative estimate of drug-likeness (QED) is 0.620. The van der Waals surface area contributed by atoms with Gasteiger partial charge in [-0.3, -0.25) is 9.59 Å². The van der Waals surface area contributed by atoms with E-state index < -0.39 is 5.97 Å². The molecule has 2 aromatic rings. The van der Waals surface area contributed by atoms with E-state index >= 15 is 0 Å². The van der Waals surface area contributed by atoms with Gasteiger partial charge >= 0.3 is 5.97 Å². The number of rotatable bonds is 9. The molecule has 0 saturated heterocycles. The van der Waals surface area contributed by atoms with Crippen LogP contribution in [0.2, 0.25) is 0 Å². The molecule has 23 heavy (non-hydrogen) atoms. The molecule has 0 aliphatic heterocycles. The van der Waals surface area contributed by atoms with Gasteiger partial charge in [-0.2, -0.15) is 0 Å². The van der Waals surface area contributed by atoms with Crippen LogP contribution < -0.4 is 5.32 Å². The van der Waals surface area contributed by atoms with E-state index in [0.29, 0.717) is 18.5 Å². The summed E-state index contributed by atoms with van der Waals surface area (Å²) in [5.41, 5.74) is 2.54. The van der Waals surface area contributed by atoms with Crippen LogP contribution in [-0.4, -0.2) is 28.5 Å². The summed E-state index contributed by atoms with van der Waals surface area (Å²) in [6.45, 7) is 0.602. The fourth-order valence-electron chi connectivity index (χ4n) is 2.46. The first-order valence-electron chi connectivity index (χ1n) is 7.90. The van der Waals surface area contributed by atoms with Crippen molar-refractivity contribution in [1.82, 2.24) is 10.3 Å². The summed E-state index contributed by atoms with van der Waals surface area (Å²) < 4.78 is 0. The van der Waals surface area contributed by atoms with Crippen molar-refractivity contribution in [3.8, 4) is 11.1 Å². The first-order valence-corrected chi connectivity index (χ1v) is 7.90. The lowest BCUT2D eigenvalue weighted by Crippen LogP contribution is -2.24. The maximum Gasteiger partial charge on any atom is 0.303 e. The molecular formula is C18H22N2O3. The molecule has 0 radical (unpaired) electrons. The summed E-state index contributed by atoms with van der Waals surface area (Å²) in [7, 11) is 0. The van der Waals surface area contributed by atoms with Gasteiger partial charge in [-0.15, -0.1) is 0 Å². The molecule has 0 aliphatic rings. The predicted molar refractivity (Wildman–Crippen MR) is 89.3 cm³/mol. The molecule has 0 bridgehead atoms. The van der Waals surface area contributed by atoms with E-state index in [4.69, 9.17) is 5.11 Å². The number of hydrogen-bond acceptors (Lipinski definition) is 2. The molecule has 0 aliphatic carbocycles. The Morgan fingerprint density at radius 3 is 2.48 bits per heavy atom. The van der Waals surface area contributed by atoms with Crippen molar-refractivity contribution < 1.29 is 14.7 Å². The minimum Gasteiger partial charge on any atom is -0.481 e. The van der Waals surface area contributed by atoms with E-state index in [2.05, 4.69) is 10.3 Å². The lowest BCUT2D eigenvalue weighted by molar-refractivity contribution is -0.137. The van der Waals surface area contributed by atoms with E-state index in [-0.39, 0.29) is 12.3 Å². The number of nitrogens with one attached hydrogen (secondary N) is 2. The van der Waals surface area contributed by atoms with Crippen LogP contribution in [0.5, 0.6) is 0 Å². The largest absolute Gasteiger partial charge is 0.481 e. The van der Waals surface area contributed by atoms with Crippen LogP contribution in [0.15, 0.2) is 42.7 Å². The number of hydrogen-bond donors (Lipinski definition) is 3. The standard InChI is InChI=1S/C18H22N2O3/c21-17(22)10-6-1-2-7-11-20-18(23)16-13-19-12-15(16)14-8-4-3-5-9-14/h3-5,8-9,12-13,19H,1-2,6-7,10-11H2,(H,20,23)(H,21,22). The number of aliphatic carboxylic acids is 1. The SMILES string of the molecule is O=C(O)CCCCCCNC(=O)c1c[nH]cc1-c1ccccc1. The Balaban J connectivity index is 1.77. The van der Waals surface area contributed by atoms with Crippen molar-refractivity contribution in [2.45, 2.75) is 32.1 Å². The number of carboxylic acids is 1. The van der Waals surface area contributed by atoms with Crippen molar-refractivity contribution >= 4 is 11.9 Å². The van der Waals surface area contributed by atoms with E-state index in [0.717, 1.165) is 30.4 Å². The second-order valence-electron chi connectivity index (χ2n) is 5.46. The number of H-pyrrole nitrogens is 1. The lowest BCUT2D eigenvalue weighted by atomic mass is 10.0. The average Bonchev–Trinajstić information content (AvgIpc) is 3.04. The highest BCUT2D eigenvalue weighted by Crippen LogP contribution is 2.22. The van der Waals surface area contributed by atoms with Crippen LogP contribution in [0.1, 0.15) is 42.5 Å². The Bertz CT molecular complexity index is 635. The second kappa shape index (κ2) is 8.78. The van der Waals surface area contributed by atoms with Crippen molar-refractivity contribution in [2.75, 3.05) is 6.54 Å². The number of unbranched alkanes of at least 4 members (excludes halogenated alkanes) is 3. The molecule has 1 aromatic heterocycles. The van der Waals surface area contributed by atoms with Crippen molar-refractivity contribution in [1.29, 1.82) is 0 Å². The van der Waals surface area contributed by atoms with E-state index in [1.165, 1.54) is 0 Å². The van der Waals surface area contributed by atoms with Gasteiger partial charge in [0.1, 0.15) is 0 Å². The molecule has 1 amide bonds. The molecule has 0 saturated carbocycles. The molecule has 3 N–H and O–H groups in total. The summed E-state index contributed by atoms with van der Waals surface area (Å²) >= 11 is 0. The minimum atomic E-state index is -0.751. The predicted octanol–water partition coefficient (Wildman–Crippen LogP) is 3.45. The zero-order chi connectivity index (χ0) is 16.5. The van der Waals surface area contributed by atoms with Gasteiger partial charge in [0.15, 0.2) is 0 Å². The van der Waals surface area contributed by atoms with Crippen molar-refractivity contribution in [3.05, 3.63) is 48.3 Å². The highest BCUT2D eigenvalue weighted by atomic mass is 16.4. The average molecular weight is 314 g/mol. The smallest absolute Gasteiger partial charge is 0.303 e. The van der Waals surface area contributed by atoms with E-state index in [1.54, 1.807) is 6.20 Å². The summed E-state index contributed by atoms with van der Waals surface area (Å²) in [4.78, 5) is 25.7. The second-order valence-corrected chi connectivity index (χ2v) is 5.46. The van der Waals surface area contributed by atoms with Crippen LogP contribution in [0.4, 0.5) is 0 Å². The summed E-state index contributed by atoms with van der Waals surface area (Å²) in [5.74, 6) is -0.838. The lowest BCUT2D eigenvalue weighted by Gasteiger charge is -2.06. The zero-order valence-corrected chi connectivity index (χ0v) is 13.0. The maximum atomic E-state index is 12.3. The molecule has 1 heterocycles.